The normalized spacial score (nSPS) is 10.9. The first-order valence-electron chi connectivity index (χ1n) is 10.9. The van der Waals surface area contributed by atoms with Crippen LogP contribution < -0.4 is 0 Å². The Labute approximate surface area is 235 Å². The summed E-state index contributed by atoms with van der Waals surface area (Å²) >= 11 is 5.26. The molecule has 0 amide bonds. The molecule has 4 heterocycles. The molecule has 0 aliphatic carbocycles. The minimum Gasteiger partial charge on any atom is -0.343 e. The van der Waals surface area contributed by atoms with Gasteiger partial charge in [-0.3, -0.25) is 5.10 Å². The van der Waals surface area contributed by atoms with Crippen molar-refractivity contribution in [1.82, 2.24) is 29.5 Å². The Hall–Kier alpha value is -1.80. The van der Waals surface area contributed by atoms with Gasteiger partial charge in [-0.2, -0.15) is 16.9 Å². The zero-order valence-corrected chi connectivity index (χ0v) is 26.4. The number of nitrogens with zero attached hydrogens (tertiary/aromatic N) is 6. The van der Waals surface area contributed by atoms with Crippen LogP contribution >= 0.6 is 27.7 Å². The number of aromatic nitrogens is 6. The Kier molecular flexibility index (Phi) is 12.6. The molecule has 4 rings (SSSR count). The molecule has 0 saturated heterocycles. The van der Waals surface area contributed by atoms with E-state index in [1.807, 2.05) is 61.0 Å². The van der Waals surface area contributed by atoms with Crippen LogP contribution in [0.15, 0.2) is 65.5 Å². The number of rotatable bonds is 2. The molecule has 0 spiro atoms. The number of pyridine rings is 2. The number of hydrogen-bond acceptors (Lipinski definition) is 5. The van der Waals surface area contributed by atoms with Crippen LogP contribution in [0, 0.1) is 6.20 Å². The Morgan fingerprint density at radius 3 is 1.71 bits per heavy atom. The van der Waals surface area contributed by atoms with Gasteiger partial charge in [0.05, 0.1) is 11.5 Å². The molecule has 0 N–H and O–H groups in total. The van der Waals surface area contributed by atoms with E-state index < -0.39 is 0 Å². The van der Waals surface area contributed by atoms with Gasteiger partial charge in [-0.1, -0.05) is 65.9 Å². The molecule has 0 aromatic carbocycles. The summed E-state index contributed by atoms with van der Waals surface area (Å²) in [6.45, 7) is 12.8. The van der Waals surface area contributed by atoms with E-state index >= 15 is 0 Å². The number of thioether (sulfide) groups is 1. The minimum atomic E-state index is 0. The molecule has 191 valence electrons. The summed E-state index contributed by atoms with van der Waals surface area (Å²) in [4.78, 5) is 8.49. The zero-order valence-electron chi connectivity index (χ0n) is 21.6. The van der Waals surface area contributed by atoms with E-state index in [0.717, 1.165) is 27.6 Å². The van der Waals surface area contributed by atoms with Gasteiger partial charge in [-0.05, 0) is 63.8 Å². The molecule has 0 fully saturated rings. The Morgan fingerprint density at radius 1 is 0.800 bits per heavy atom. The smallest absolute Gasteiger partial charge is 0.154 e. The SMILES string of the molecule is CC(C)(C)c1c[c-]n(-c2ccccn2)n1.CC(C)(C)c1cc(Br)n(-c2ccccn2)n1.CSC.[Ir]. The Balaban J connectivity index is 0.000000308. The van der Waals surface area contributed by atoms with Gasteiger partial charge in [0, 0.05) is 37.9 Å². The second-order valence-corrected chi connectivity index (χ2v) is 11.2. The van der Waals surface area contributed by atoms with Crippen molar-refractivity contribution < 1.29 is 20.1 Å². The van der Waals surface area contributed by atoms with E-state index in [-0.39, 0.29) is 30.9 Å². The summed E-state index contributed by atoms with van der Waals surface area (Å²) < 4.78 is 4.41. The van der Waals surface area contributed by atoms with Crippen molar-refractivity contribution in [3.8, 4) is 11.6 Å². The Bertz CT molecular complexity index is 1130. The first kappa shape index (κ1) is 31.2. The van der Waals surface area contributed by atoms with E-state index in [2.05, 4.69) is 83.8 Å². The number of halogens is 1. The van der Waals surface area contributed by atoms with Crippen molar-refractivity contribution in [3.63, 3.8) is 0 Å². The minimum absolute atomic E-state index is 0. The fourth-order valence-electron chi connectivity index (χ4n) is 2.62. The molecule has 0 saturated carbocycles. The quantitative estimate of drug-likeness (QED) is 0.216. The second kappa shape index (κ2) is 14.1. The van der Waals surface area contributed by atoms with E-state index in [1.165, 1.54) is 0 Å². The molecule has 0 unspecified atom stereocenters. The molecule has 0 aliphatic rings. The van der Waals surface area contributed by atoms with Crippen LogP contribution in [0.5, 0.6) is 0 Å². The average molecular weight is 735 g/mol. The third-order valence-electron chi connectivity index (χ3n) is 4.47. The second-order valence-electron chi connectivity index (χ2n) is 9.62. The van der Waals surface area contributed by atoms with E-state index in [0.29, 0.717) is 0 Å². The molecule has 9 heteroatoms. The number of hydrogen-bond donors (Lipinski definition) is 0. The standard InChI is InChI=1S/C12H14BrN3.C12H14N3.C2H6S.Ir/c1-12(2,3)9-8-10(13)16(15-9)11-6-4-5-7-14-11;1-12(2,3)10-7-9-15(14-10)11-6-4-5-8-13-11;1-3-2;/h4-8H,1-3H3;4-8H,1-3H3;1-2H3;/q;-1;;. The van der Waals surface area contributed by atoms with Crippen LogP contribution in [-0.2, 0) is 30.9 Å². The van der Waals surface area contributed by atoms with Crippen molar-refractivity contribution in [3.05, 3.63) is 83.1 Å². The fourth-order valence-corrected chi connectivity index (χ4v) is 3.09. The largest absolute Gasteiger partial charge is 0.343 e. The molecule has 4 aromatic heterocycles. The zero-order chi connectivity index (χ0) is 25.4. The van der Waals surface area contributed by atoms with Crippen LogP contribution in [-0.4, -0.2) is 42.0 Å². The van der Waals surface area contributed by atoms with Crippen LogP contribution in [0.1, 0.15) is 52.9 Å². The molecule has 4 aromatic rings. The Morgan fingerprint density at radius 2 is 1.31 bits per heavy atom. The molecule has 0 atom stereocenters. The molecule has 35 heavy (non-hydrogen) atoms. The third kappa shape index (κ3) is 9.64. The molecular weight excluding hydrogens is 701 g/mol. The van der Waals surface area contributed by atoms with E-state index in [9.17, 15) is 0 Å². The fraction of sp³-hybridized carbons (Fsp3) is 0.385. The first-order chi connectivity index (χ1) is 16.0. The van der Waals surface area contributed by atoms with Gasteiger partial charge < -0.3 is 9.67 Å². The van der Waals surface area contributed by atoms with Crippen molar-refractivity contribution in [2.75, 3.05) is 12.5 Å². The van der Waals surface area contributed by atoms with Crippen LogP contribution in [0.4, 0.5) is 0 Å². The maximum absolute atomic E-state index is 4.56. The predicted octanol–water partition coefficient (Wildman–Crippen LogP) is 6.67. The van der Waals surface area contributed by atoms with Gasteiger partial charge in [-0.15, -0.1) is 6.07 Å². The van der Waals surface area contributed by atoms with Gasteiger partial charge in [-0.25, -0.2) is 9.67 Å². The van der Waals surface area contributed by atoms with E-state index in [1.54, 1.807) is 33.5 Å². The summed E-state index contributed by atoms with van der Waals surface area (Å²) in [5.74, 6) is 1.62. The van der Waals surface area contributed by atoms with Gasteiger partial charge in [0.25, 0.3) is 0 Å². The van der Waals surface area contributed by atoms with Crippen LogP contribution in [0.25, 0.3) is 11.6 Å². The summed E-state index contributed by atoms with van der Waals surface area (Å²) in [6.07, 6.45) is 10.7. The maximum Gasteiger partial charge on any atom is 0.154 e. The maximum atomic E-state index is 4.56. The van der Waals surface area contributed by atoms with Crippen molar-refractivity contribution in [2.24, 2.45) is 0 Å². The third-order valence-corrected chi connectivity index (χ3v) is 5.03. The van der Waals surface area contributed by atoms with Crippen molar-refractivity contribution in [1.29, 1.82) is 0 Å². The summed E-state index contributed by atoms with van der Waals surface area (Å²) in [6, 6.07) is 15.5. The predicted molar refractivity (Wildman–Crippen MR) is 146 cm³/mol. The van der Waals surface area contributed by atoms with Gasteiger partial charge >= 0.3 is 0 Å². The molecule has 1 radical (unpaired) electrons. The molecule has 6 nitrogen and oxygen atoms in total. The summed E-state index contributed by atoms with van der Waals surface area (Å²) in [5.41, 5.74) is 2.16. The van der Waals surface area contributed by atoms with Crippen molar-refractivity contribution in [2.45, 2.75) is 52.4 Å². The topological polar surface area (TPSA) is 61.4 Å². The van der Waals surface area contributed by atoms with Gasteiger partial charge in [0.1, 0.15) is 4.60 Å². The molecular formula is C26H34BrIrN6S-. The average Bonchev–Trinajstić information content (AvgIpc) is 3.43. The van der Waals surface area contributed by atoms with Crippen LogP contribution in [0.3, 0.4) is 0 Å². The molecule has 0 aliphatic heterocycles. The van der Waals surface area contributed by atoms with Gasteiger partial charge in [0.15, 0.2) is 5.82 Å². The van der Waals surface area contributed by atoms with Crippen LogP contribution in [0.2, 0.25) is 0 Å². The van der Waals surface area contributed by atoms with Gasteiger partial charge in [0.2, 0.25) is 0 Å². The summed E-state index contributed by atoms with van der Waals surface area (Å²) in [5, 5.41) is 9.01. The monoisotopic (exact) mass is 734 g/mol. The van der Waals surface area contributed by atoms with E-state index in [4.69, 9.17) is 0 Å². The molecule has 0 bridgehead atoms. The van der Waals surface area contributed by atoms with Crippen molar-refractivity contribution >= 4 is 27.7 Å². The first-order valence-corrected chi connectivity index (χ1v) is 13.4. The summed E-state index contributed by atoms with van der Waals surface area (Å²) in [7, 11) is 0.